The Bertz CT molecular complexity index is 220. The lowest BCUT2D eigenvalue weighted by Gasteiger charge is -1.94. The lowest BCUT2D eigenvalue weighted by molar-refractivity contribution is 1.55. The zero-order chi connectivity index (χ0) is 6.69. The van der Waals surface area contributed by atoms with Gasteiger partial charge in [-0.05, 0) is 5.56 Å². The normalized spacial score (nSPS) is 8.89. The van der Waals surface area contributed by atoms with Crippen LogP contribution in [-0.2, 0) is 0 Å². The van der Waals surface area contributed by atoms with Crippen molar-refractivity contribution in [2.24, 2.45) is 0 Å². The monoisotopic (exact) mass is 115 g/mol. The zero-order valence-corrected chi connectivity index (χ0v) is 4.96. The summed E-state index contributed by atoms with van der Waals surface area (Å²) >= 11 is 0. The molecule has 1 N–H and O–H groups in total. The van der Waals surface area contributed by atoms with Crippen LogP contribution >= 0.6 is 0 Å². The van der Waals surface area contributed by atoms with Crippen molar-refractivity contribution < 1.29 is 0 Å². The second kappa shape index (κ2) is 2.49. The van der Waals surface area contributed by atoms with Gasteiger partial charge in [-0.1, -0.05) is 29.7 Å². The molecule has 9 heavy (non-hydrogen) atoms. The molecule has 0 atom stereocenters. The third-order valence-electron chi connectivity index (χ3n) is 1.15. The van der Waals surface area contributed by atoms with E-state index in [1.54, 1.807) is 6.07 Å². The minimum absolute atomic E-state index is 0.660. The topological polar surface area (TPSA) is 23.9 Å². The highest BCUT2D eigenvalue weighted by molar-refractivity contribution is 6.35. The number of hydrogen-bond acceptors (Lipinski definition) is 1. The molecule has 0 spiro atoms. The summed E-state index contributed by atoms with van der Waals surface area (Å²) in [7, 11) is 5.48. The largest absolute Gasteiger partial charge is 0.308 e. The van der Waals surface area contributed by atoms with Crippen molar-refractivity contribution in [1.82, 2.24) is 0 Å². The molecule has 42 valence electrons. The first-order valence-corrected chi connectivity index (χ1v) is 2.69. The molecule has 0 aliphatic heterocycles. The van der Waals surface area contributed by atoms with Crippen molar-refractivity contribution in [2.75, 3.05) is 0 Å². The van der Waals surface area contributed by atoms with Gasteiger partial charge in [0.1, 0.15) is 7.85 Å². The molecule has 0 amide bonds. The second-order valence-electron chi connectivity index (χ2n) is 1.77. The van der Waals surface area contributed by atoms with Crippen molar-refractivity contribution in [3.05, 3.63) is 29.8 Å². The maximum Gasteiger partial charge on any atom is 0.114 e. The molecule has 0 heterocycles. The first-order chi connectivity index (χ1) is 4.34. The molecule has 1 aromatic carbocycles. The predicted molar refractivity (Wildman–Crippen MR) is 39.7 cm³/mol. The molecule has 0 unspecified atom stereocenters. The maximum absolute atomic E-state index is 6.88. The summed E-state index contributed by atoms with van der Waals surface area (Å²) in [4.78, 5) is 0. The third-order valence-corrected chi connectivity index (χ3v) is 1.15. The second-order valence-corrected chi connectivity index (χ2v) is 1.77. The van der Waals surface area contributed by atoms with Crippen LogP contribution in [0.3, 0.4) is 0 Å². The Labute approximate surface area is 55.6 Å². The molecule has 2 radical (unpaired) electrons. The summed E-state index contributed by atoms with van der Waals surface area (Å²) in [6, 6.07) is 7.29. The van der Waals surface area contributed by atoms with E-state index in [-0.39, 0.29) is 0 Å². The Kier molecular flexibility index (Phi) is 1.68. The van der Waals surface area contributed by atoms with Crippen LogP contribution in [0.1, 0.15) is 5.56 Å². The van der Waals surface area contributed by atoms with Gasteiger partial charge >= 0.3 is 0 Å². The number of benzene rings is 1. The Balaban J connectivity index is 3.15. The van der Waals surface area contributed by atoms with Gasteiger partial charge in [-0.15, -0.1) is 0 Å². The SMILES string of the molecule is [B]c1ccccc1C=N. The molecule has 0 bridgehead atoms. The van der Waals surface area contributed by atoms with E-state index in [9.17, 15) is 0 Å². The Morgan fingerprint density at radius 2 is 2.00 bits per heavy atom. The van der Waals surface area contributed by atoms with Gasteiger partial charge in [-0.3, -0.25) is 0 Å². The lowest BCUT2D eigenvalue weighted by Crippen LogP contribution is -2.07. The fourth-order valence-electron chi connectivity index (χ4n) is 0.642. The quantitative estimate of drug-likeness (QED) is 0.406. The molecule has 0 saturated heterocycles. The predicted octanol–water partition coefficient (Wildman–Crippen LogP) is 0.478. The van der Waals surface area contributed by atoms with Crippen LogP contribution in [0.2, 0.25) is 0 Å². The van der Waals surface area contributed by atoms with Gasteiger partial charge in [-0.2, -0.15) is 0 Å². The van der Waals surface area contributed by atoms with Crippen molar-refractivity contribution in [3.63, 3.8) is 0 Å². The van der Waals surface area contributed by atoms with Crippen LogP contribution < -0.4 is 5.46 Å². The summed E-state index contributed by atoms with van der Waals surface area (Å²) in [6.07, 6.45) is 1.25. The number of nitrogens with one attached hydrogen (secondary N) is 1. The number of hydrogen-bond donors (Lipinski definition) is 1. The molecule has 0 fully saturated rings. The summed E-state index contributed by atoms with van der Waals surface area (Å²) in [5, 5.41) is 6.88. The average molecular weight is 115 g/mol. The molecule has 0 aliphatic carbocycles. The van der Waals surface area contributed by atoms with Crippen molar-refractivity contribution in [2.45, 2.75) is 0 Å². The molecule has 0 aliphatic rings. The molecule has 1 rings (SSSR count). The third kappa shape index (κ3) is 1.19. The zero-order valence-electron chi connectivity index (χ0n) is 4.96. The van der Waals surface area contributed by atoms with E-state index in [4.69, 9.17) is 13.3 Å². The van der Waals surface area contributed by atoms with E-state index in [0.717, 1.165) is 5.56 Å². The smallest absolute Gasteiger partial charge is 0.114 e. The summed E-state index contributed by atoms with van der Waals surface area (Å²) in [5.41, 5.74) is 1.44. The van der Waals surface area contributed by atoms with Crippen molar-refractivity contribution in [3.8, 4) is 0 Å². The fraction of sp³-hybridized carbons (Fsp3) is 0. The van der Waals surface area contributed by atoms with Gasteiger partial charge in [0.25, 0.3) is 0 Å². The van der Waals surface area contributed by atoms with Gasteiger partial charge in [0.2, 0.25) is 0 Å². The van der Waals surface area contributed by atoms with Crippen LogP contribution in [0.15, 0.2) is 24.3 Å². The lowest BCUT2D eigenvalue weighted by atomic mass is 9.91. The van der Waals surface area contributed by atoms with Crippen LogP contribution in [-0.4, -0.2) is 14.1 Å². The Morgan fingerprint density at radius 3 is 2.44 bits per heavy atom. The molecular weight excluding hydrogens is 109 g/mol. The fourth-order valence-corrected chi connectivity index (χ4v) is 0.642. The standard InChI is InChI=1S/C7H6BN/c8-7-4-2-1-3-6(7)5-9/h1-5,9H. The first-order valence-electron chi connectivity index (χ1n) is 2.69. The van der Waals surface area contributed by atoms with Gasteiger partial charge < -0.3 is 5.41 Å². The van der Waals surface area contributed by atoms with Gasteiger partial charge in [0, 0.05) is 6.21 Å². The molecule has 0 aromatic heterocycles. The van der Waals surface area contributed by atoms with Crippen LogP contribution in [0.4, 0.5) is 0 Å². The van der Waals surface area contributed by atoms with Crippen molar-refractivity contribution in [1.29, 1.82) is 5.41 Å². The summed E-state index contributed by atoms with van der Waals surface area (Å²) in [5.74, 6) is 0. The maximum atomic E-state index is 6.88. The van der Waals surface area contributed by atoms with Crippen LogP contribution in [0.25, 0.3) is 0 Å². The Hall–Kier alpha value is -1.05. The van der Waals surface area contributed by atoms with Crippen LogP contribution in [0, 0.1) is 5.41 Å². The highest BCUT2D eigenvalue weighted by Crippen LogP contribution is 1.87. The van der Waals surface area contributed by atoms with Gasteiger partial charge in [-0.25, -0.2) is 0 Å². The average Bonchev–Trinajstić information content (AvgIpc) is 1.89. The van der Waals surface area contributed by atoms with E-state index >= 15 is 0 Å². The van der Waals surface area contributed by atoms with Gasteiger partial charge in [0.05, 0.1) is 0 Å². The van der Waals surface area contributed by atoms with E-state index in [0.29, 0.717) is 5.46 Å². The summed E-state index contributed by atoms with van der Waals surface area (Å²) in [6.45, 7) is 0. The van der Waals surface area contributed by atoms with E-state index in [1.807, 2.05) is 18.2 Å². The summed E-state index contributed by atoms with van der Waals surface area (Å²) < 4.78 is 0. The molecule has 1 nitrogen and oxygen atoms in total. The van der Waals surface area contributed by atoms with E-state index in [2.05, 4.69) is 0 Å². The number of rotatable bonds is 1. The molecular formula is C7H6BN. The minimum atomic E-state index is 0.660. The van der Waals surface area contributed by atoms with Gasteiger partial charge in [0.15, 0.2) is 0 Å². The first kappa shape index (κ1) is 6.08. The highest BCUT2D eigenvalue weighted by atomic mass is 14.3. The molecule has 1 aromatic rings. The Morgan fingerprint density at radius 1 is 1.33 bits per heavy atom. The minimum Gasteiger partial charge on any atom is -0.308 e. The highest BCUT2D eigenvalue weighted by Gasteiger charge is 1.87. The van der Waals surface area contributed by atoms with Crippen molar-refractivity contribution >= 4 is 19.5 Å². The molecule has 0 saturated carbocycles. The van der Waals surface area contributed by atoms with Crippen LogP contribution in [0.5, 0.6) is 0 Å². The van der Waals surface area contributed by atoms with E-state index < -0.39 is 0 Å². The van der Waals surface area contributed by atoms with E-state index in [1.165, 1.54) is 6.21 Å². The molecule has 2 heteroatoms.